The van der Waals surface area contributed by atoms with Crippen molar-refractivity contribution in [3.8, 4) is 5.75 Å². The van der Waals surface area contributed by atoms with Gasteiger partial charge in [0.2, 0.25) is 0 Å². The zero-order chi connectivity index (χ0) is 12.0. The van der Waals surface area contributed by atoms with Crippen LogP contribution >= 0.6 is 0 Å². The Kier molecular flexibility index (Phi) is 5.22. The lowest BCUT2D eigenvalue weighted by Crippen LogP contribution is -2.22. The van der Waals surface area contributed by atoms with E-state index < -0.39 is 0 Å². The number of benzene rings is 1. The molecule has 0 saturated carbocycles. The molecular weight excluding hydrogens is 207 g/mol. The van der Waals surface area contributed by atoms with Gasteiger partial charge in [-0.25, -0.2) is 4.39 Å². The molecule has 90 valence electrons. The normalized spacial score (nSPS) is 12.5. The molecule has 0 heterocycles. The van der Waals surface area contributed by atoms with E-state index in [4.69, 9.17) is 10.5 Å². The number of nitrogens with two attached hydrogens (primary N) is 1. The molecule has 0 aliphatic heterocycles. The molecule has 0 aliphatic carbocycles. The minimum absolute atomic E-state index is 0.0162. The van der Waals surface area contributed by atoms with Gasteiger partial charge in [0.1, 0.15) is 11.6 Å². The minimum atomic E-state index is -0.243. The first-order valence-electron chi connectivity index (χ1n) is 5.46. The fourth-order valence-electron chi connectivity index (χ4n) is 1.52. The summed E-state index contributed by atoms with van der Waals surface area (Å²) in [6.45, 7) is 3.37. The second-order valence-electron chi connectivity index (χ2n) is 3.71. The van der Waals surface area contributed by atoms with Gasteiger partial charge in [0, 0.05) is 17.7 Å². The molecule has 1 aromatic carbocycles. The summed E-state index contributed by atoms with van der Waals surface area (Å²) in [6, 6.07) is 4.89. The molecule has 0 radical (unpaired) electrons. The molecule has 1 rings (SSSR count). The van der Waals surface area contributed by atoms with Crippen LogP contribution in [-0.4, -0.2) is 20.2 Å². The van der Waals surface area contributed by atoms with Crippen molar-refractivity contribution >= 4 is 0 Å². The Morgan fingerprint density at radius 1 is 1.50 bits per heavy atom. The number of methoxy groups -OCH3 is 1. The summed E-state index contributed by atoms with van der Waals surface area (Å²) in [5, 5.41) is 3.22. The van der Waals surface area contributed by atoms with Gasteiger partial charge in [0.05, 0.1) is 7.11 Å². The van der Waals surface area contributed by atoms with E-state index in [1.54, 1.807) is 12.1 Å². The maximum absolute atomic E-state index is 13.7. The lowest BCUT2D eigenvalue weighted by Gasteiger charge is -2.15. The molecule has 4 heteroatoms. The fraction of sp³-hybridized carbons (Fsp3) is 0.500. The van der Waals surface area contributed by atoms with Crippen LogP contribution in [0, 0.1) is 5.82 Å². The Balaban J connectivity index is 2.64. The van der Waals surface area contributed by atoms with Crippen LogP contribution in [0.1, 0.15) is 24.9 Å². The molecular formula is C12H19FN2O. The van der Waals surface area contributed by atoms with Crippen LogP contribution in [0.3, 0.4) is 0 Å². The highest BCUT2D eigenvalue weighted by Gasteiger charge is 2.10. The van der Waals surface area contributed by atoms with Crippen molar-refractivity contribution in [1.29, 1.82) is 0 Å². The molecule has 3 N–H and O–H groups in total. The van der Waals surface area contributed by atoms with Crippen molar-refractivity contribution < 1.29 is 9.13 Å². The summed E-state index contributed by atoms with van der Waals surface area (Å²) in [5.74, 6) is 0.294. The summed E-state index contributed by atoms with van der Waals surface area (Å²) < 4.78 is 18.6. The summed E-state index contributed by atoms with van der Waals surface area (Å²) >= 11 is 0. The summed E-state index contributed by atoms with van der Waals surface area (Å²) in [4.78, 5) is 0. The highest BCUT2D eigenvalue weighted by molar-refractivity contribution is 5.30. The molecule has 1 atom stereocenters. The Morgan fingerprint density at radius 3 is 2.81 bits per heavy atom. The first-order valence-corrected chi connectivity index (χ1v) is 5.46. The number of rotatable bonds is 6. The molecule has 0 aliphatic rings. The van der Waals surface area contributed by atoms with Crippen molar-refractivity contribution in [3.05, 3.63) is 29.6 Å². The van der Waals surface area contributed by atoms with Crippen molar-refractivity contribution in [2.45, 2.75) is 19.4 Å². The zero-order valence-corrected chi connectivity index (χ0v) is 9.79. The highest BCUT2D eigenvalue weighted by Crippen LogP contribution is 2.21. The molecule has 0 spiro atoms. The fourth-order valence-corrected chi connectivity index (χ4v) is 1.52. The van der Waals surface area contributed by atoms with Crippen LogP contribution in [0.2, 0.25) is 0 Å². The van der Waals surface area contributed by atoms with Gasteiger partial charge in [0.25, 0.3) is 0 Å². The molecule has 0 aromatic heterocycles. The second kappa shape index (κ2) is 6.45. The van der Waals surface area contributed by atoms with E-state index in [9.17, 15) is 4.39 Å². The standard InChI is InChI=1S/C12H19FN2O/c1-9(15-7-3-6-14)11-5-4-10(16-2)8-12(11)13/h4-5,8-9,15H,3,6-7,14H2,1-2H3. The first kappa shape index (κ1) is 12.9. The van der Waals surface area contributed by atoms with Gasteiger partial charge in [-0.3, -0.25) is 0 Å². The number of ether oxygens (including phenoxy) is 1. The second-order valence-corrected chi connectivity index (χ2v) is 3.71. The van der Waals surface area contributed by atoms with Crippen molar-refractivity contribution in [3.63, 3.8) is 0 Å². The average Bonchev–Trinajstić information content (AvgIpc) is 2.29. The molecule has 1 unspecified atom stereocenters. The summed E-state index contributed by atoms with van der Waals surface area (Å²) in [7, 11) is 1.53. The Hall–Kier alpha value is -1.13. The third-order valence-corrected chi connectivity index (χ3v) is 2.51. The van der Waals surface area contributed by atoms with Crippen LogP contribution in [-0.2, 0) is 0 Å². The molecule has 0 amide bonds. The number of nitrogens with one attached hydrogen (secondary N) is 1. The highest BCUT2D eigenvalue weighted by atomic mass is 19.1. The maximum Gasteiger partial charge on any atom is 0.131 e. The van der Waals surface area contributed by atoms with Crippen LogP contribution < -0.4 is 15.8 Å². The van der Waals surface area contributed by atoms with Crippen LogP contribution in [0.25, 0.3) is 0 Å². The van der Waals surface area contributed by atoms with E-state index in [1.165, 1.54) is 13.2 Å². The van der Waals surface area contributed by atoms with Crippen molar-refractivity contribution in [2.24, 2.45) is 5.73 Å². The molecule has 3 nitrogen and oxygen atoms in total. The van der Waals surface area contributed by atoms with Gasteiger partial charge in [-0.15, -0.1) is 0 Å². The largest absolute Gasteiger partial charge is 0.497 e. The third kappa shape index (κ3) is 3.47. The maximum atomic E-state index is 13.7. The smallest absolute Gasteiger partial charge is 0.131 e. The number of hydrogen-bond acceptors (Lipinski definition) is 3. The number of hydrogen-bond donors (Lipinski definition) is 2. The average molecular weight is 226 g/mol. The zero-order valence-electron chi connectivity index (χ0n) is 9.79. The van der Waals surface area contributed by atoms with Crippen LogP contribution in [0.5, 0.6) is 5.75 Å². The topological polar surface area (TPSA) is 47.3 Å². The van der Waals surface area contributed by atoms with Gasteiger partial charge in [-0.05, 0) is 32.5 Å². The van der Waals surface area contributed by atoms with Gasteiger partial charge in [-0.1, -0.05) is 6.07 Å². The van der Waals surface area contributed by atoms with E-state index in [0.717, 1.165) is 13.0 Å². The van der Waals surface area contributed by atoms with E-state index >= 15 is 0 Å². The van der Waals surface area contributed by atoms with E-state index in [0.29, 0.717) is 17.9 Å². The Morgan fingerprint density at radius 2 is 2.25 bits per heavy atom. The van der Waals surface area contributed by atoms with Crippen molar-refractivity contribution in [1.82, 2.24) is 5.32 Å². The first-order chi connectivity index (χ1) is 7.69. The summed E-state index contributed by atoms with van der Waals surface area (Å²) in [5.41, 5.74) is 6.04. The van der Waals surface area contributed by atoms with E-state index in [2.05, 4.69) is 5.32 Å². The van der Waals surface area contributed by atoms with Crippen LogP contribution in [0.15, 0.2) is 18.2 Å². The quantitative estimate of drug-likeness (QED) is 0.727. The van der Waals surface area contributed by atoms with Crippen LogP contribution in [0.4, 0.5) is 4.39 Å². The number of halogens is 1. The predicted molar refractivity (Wildman–Crippen MR) is 63.0 cm³/mol. The molecule has 0 bridgehead atoms. The molecule has 0 fully saturated rings. The molecule has 1 aromatic rings. The SMILES string of the molecule is COc1ccc(C(C)NCCCN)c(F)c1. The van der Waals surface area contributed by atoms with E-state index in [-0.39, 0.29) is 11.9 Å². The molecule has 16 heavy (non-hydrogen) atoms. The van der Waals surface area contributed by atoms with Gasteiger partial charge >= 0.3 is 0 Å². The van der Waals surface area contributed by atoms with Gasteiger partial charge in [-0.2, -0.15) is 0 Å². The third-order valence-electron chi connectivity index (χ3n) is 2.51. The summed E-state index contributed by atoms with van der Waals surface area (Å²) in [6.07, 6.45) is 0.891. The van der Waals surface area contributed by atoms with Crippen molar-refractivity contribution in [2.75, 3.05) is 20.2 Å². The Bertz CT molecular complexity index is 331. The van der Waals surface area contributed by atoms with Gasteiger partial charge in [0.15, 0.2) is 0 Å². The Labute approximate surface area is 95.8 Å². The lowest BCUT2D eigenvalue weighted by molar-refractivity contribution is 0.409. The van der Waals surface area contributed by atoms with Gasteiger partial charge < -0.3 is 15.8 Å². The minimum Gasteiger partial charge on any atom is -0.497 e. The van der Waals surface area contributed by atoms with E-state index in [1.807, 2.05) is 6.92 Å². The monoisotopic (exact) mass is 226 g/mol. The molecule has 0 saturated heterocycles. The predicted octanol–water partition coefficient (Wildman–Crippen LogP) is 1.83. The lowest BCUT2D eigenvalue weighted by atomic mass is 10.1.